The Hall–Kier alpha value is -1.11. The van der Waals surface area contributed by atoms with E-state index in [0.717, 1.165) is 9.90 Å². The fourth-order valence-electron chi connectivity index (χ4n) is 1.25. The van der Waals surface area contributed by atoms with E-state index in [4.69, 9.17) is 11.6 Å². The van der Waals surface area contributed by atoms with Crippen molar-refractivity contribution < 1.29 is 4.79 Å². The molecule has 0 atom stereocenters. The molecule has 1 heterocycles. The molecule has 1 N–H and O–H groups in total. The maximum Gasteiger partial charge on any atom is 0.230 e. The topological polar surface area (TPSA) is 54.9 Å². The van der Waals surface area contributed by atoms with Crippen LogP contribution in [0.4, 0.5) is 0 Å². The second kappa shape index (κ2) is 6.72. The van der Waals surface area contributed by atoms with Crippen molar-refractivity contribution >= 4 is 40.6 Å². The van der Waals surface area contributed by atoms with Gasteiger partial charge in [0.1, 0.15) is 5.51 Å². The Morgan fingerprint density at radius 1 is 1.50 bits per heavy atom. The first-order chi connectivity index (χ1) is 8.74. The number of amides is 1. The quantitative estimate of drug-likeness (QED) is 0.862. The zero-order valence-electron chi connectivity index (χ0n) is 9.30. The molecule has 0 saturated carbocycles. The van der Waals surface area contributed by atoms with E-state index in [-0.39, 0.29) is 5.91 Å². The first-order valence-electron chi connectivity index (χ1n) is 5.14. The summed E-state index contributed by atoms with van der Waals surface area (Å²) in [4.78, 5) is 11.6. The Kier molecular flexibility index (Phi) is 4.98. The Balaban J connectivity index is 1.75. The third-order valence-corrected chi connectivity index (χ3v) is 4.14. The summed E-state index contributed by atoms with van der Waals surface area (Å²) in [6.07, 6.45) is 0. The van der Waals surface area contributed by atoms with Crippen molar-refractivity contribution in [1.82, 2.24) is 15.5 Å². The van der Waals surface area contributed by atoms with E-state index in [9.17, 15) is 4.79 Å². The molecule has 1 aromatic heterocycles. The molecule has 4 nitrogen and oxygen atoms in total. The summed E-state index contributed by atoms with van der Waals surface area (Å²) in [7, 11) is 0. The highest BCUT2D eigenvalue weighted by molar-refractivity contribution is 8.01. The summed E-state index contributed by atoms with van der Waals surface area (Å²) in [5.41, 5.74) is 2.63. The summed E-state index contributed by atoms with van der Waals surface area (Å²) in [6.45, 7) is 0.482. The molecule has 1 amide bonds. The zero-order valence-corrected chi connectivity index (χ0v) is 11.7. The highest BCUT2D eigenvalue weighted by Gasteiger charge is 2.05. The summed E-state index contributed by atoms with van der Waals surface area (Å²) >= 11 is 8.66. The van der Waals surface area contributed by atoms with Gasteiger partial charge in [0, 0.05) is 11.6 Å². The number of carbonyl (C=O) groups is 1. The summed E-state index contributed by atoms with van der Waals surface area (Å²) in [6, 6.07) is 7.42. The first-order valence-corrected chi connectivity index (χ1v) is 7.38. The fourth-order valence-corrected chi connectivity index (χ4v) is 2.78. The third-order valence-electron chi connectivity index (χ3n) is 2.05. The van der Waals surface area contributed by atoms with Gasteiger partial charge in [-0.25, -0.2) is 0 Å². The minimum absolute atomic E-state index is 0.0322. The predicted octanol–water partition coefficient (Wildman–Crippen LogP) is 2.60. The van der Waals surface area contributed by atoms with Crippen molar-refractivity contribution in [3.05, 3.63) is 40.4 Å². The average Bonchev–Trinajstić information content (AvgIpc) is 2.87. The van der Waals surface area contributed by atoms with E-state index in [1.165, 1.54) is 23.1 Å². The first kappa shape index (κ1) is 13.3. The van der Waals surface area contributed by atoms with Crippen LogP contribution in [0.3, 0.4) is 0 Å². The lowest BCUT2D eigenvalue weighted by Gasteiger charge is -2.04. The van der Waals surface area contributed by atoms with Crippen molar-refractivity contribution in [3.63, 3.8) is 0 Å². The number of nitrogens with zero attached hydrogens (tertiary/aromatic N) is 2. The maximum atomic E-state index is 11.6. The number of hydrogen-bond acceptors (Lipinski definition) is 5. The van der Waals surface area contributed by atoms with Gasteiger partial charge >= 0.3 is 0 Å². The van der Waals surface area contributed by atoms with Crippen LogP contribution < -0.4 is 5.32 Å². The Bertz CT molecular complexity index is 519. The average molecular weight is 300 g/mol. The lowest BCUT2D eigenvalue weighted by molar-refractivity contribution is -0.118. The highest BCUT2D eigenvalue weighted by atomic mass is 35.5. The summed E-state index contributed by atoms with van der Waals surface area (Å²) in [5.74, 6) is 0.311. The van der Waals surface area contributed by atoms with Gasteiger partial charge in [-0.1, -0.05) is 46.8 Å². The Morgan fingerprint density at radius 3 is 3.11 bits per heavy atom. The number of hydrogen-bond donors (Lipinski definition) is 1. The minimum atomic E-state index is -0.0322. The number of halogens is 1. The molecule has 0 bridgehead atoms. The van der Waals surface area contributed by atoms with Crippen LogP contribution in [0.25, 0.3) is 0 Å². The van der Waals surface area contributed by atoms with Crippen LogP contribution in [0.5, 0.6) is 0 Å². The maximum absolute atomic E-state index is 11.6. The molecule has 1 aromatic carbocycles. The molecule has 0 aliphatic carbocycles. The van der Waals surface area contributed by atoms with Crippen LogP contribution >= 0.6 is 34.7 Å². The third kappa shape index (κ3) is 4.29. The molecule has 0 fully saturated rings. The summed E-state index contributed by atoms with van der Waals surface area (Å²) in [5, 5.41) is 11.1. The van der Waals surface area contributed by atoms with Crippen LogP contribution in [-0.4, -0.2) is 21.9 Å². The number of carbonyl (C=O) groups excluding carboxylic acids is 1. The number of nitrogens with one attached hydrogen (secondary N) is 1. The largest absolute Gasteiger partial charge is 0.351 e. The van der Waals surface area contributed by atoms with Crippen molar-refractivity contribution in [2.75, 3.05) is 5.75 Å². The van der Waals surface area contributed by atoms with Gasteiger partial charge in [0.2, 0.25) is 5.91 Å². The molecular weight excluding hydrogens is 290 g/mol. The van der Waals surface area contributed by atoms with E-state index in [1.807, 2.05) is 18.2 Å². The van der Waals surface area contributed by atoms with E-state index in [1.54, 1.807) is 11.6 Å². The summed E-state index contributed by atoms with van der Waals surface area (Å²) < 4.78 is 0.799. The van der Waals surface area contributed by atoms with Gasteiger partial charge in [0.25, 0.3) is 0 Å². The molecule has 18 heavy (non-hydrogen) atoms. The Morgan fingerprint density at radius 2 is 2.39 bits per heavy atom. The Labute approximate surface area is 118 Å². The van der Waals surface area contributed by atoms with Crippen LogP contribution in [0, 0.1) is 0 Å². The monoisotopic (exact) mass is 299 g/mol. The van der Waals surface area contributed by atoms with Crippen LogP contribution in [0.2, 0.25) is 5.02 Å². The van der Waals surface area contributed by atoms with E-state index >= 15 is 0 Å². The van der Waals surface area contributed by atoms with Crippen molar-refractivity contribution in [1.29, 1.82) is 0 Å². The minimum Gasteiger partial charge on any atom is -0.351 e. The second-order valence-corrected chi connectivity index (χ2v) is 5.89. The number of rotatable bonds is 5. The SMILES string of the molecule is O=C(CSc1nncs1)NCc1cccc(Cl)c1. The fraction of sp³-hybridized carbons (Fsp3) is 0.182. The molecule has 0 radical (unpaired) electrons. The molecule has 2 rings (SSSR count). The molecule has 7 heteroatoms. The van der Waals surface area contributed by atoms with Crippen LogP contribution in [0.1, 0.15) is 5.56 Å². The molecule has 0 aliphatic rings. The van der Waals surface area contributed by atoms with Crippen molar-refractivity contribution in [3.8, 4) is 0 Å². The van der Waals surface area contributed by atoms with Crippen LogP contribution in [-0.2, 0) is 11.3 Å². The van der Waals surface area contributed by atoms with Gasteiger partial charge < -0.3 is 5.32 Å². The number of benzene rings is 1. The normalized spacial score (nSPS) is 10.3. The smallest absolute Gasteiger partial charge is 0.230 e. The predicted molar refractivity (Wildman–Crippen MR) is 73.9 cm³/mol. The number of aromatic nitrogens is 2. The molecule has 0 aliphatic heterocycles. The van der Waals surface area contributed by atoms with Gasteiger partial charge in [-0.05, 0) is 17.7 Å². The van der Waals surface area contributed by atoms with Crippen molar-refractivity contribution in [2.45, 2.75) is 10.9 Å². The molecule has 94 valence electrons. The molecular formula is C11H10ClN3OS2. The van der Waals surface area contributed by atoms with Gasteiger partial charge in [-0.3, -0.25) is 4.79 Å². The molecule has 0 saturated heterocycles. The van der Waals surface area contributed by atoms with E-state index in [0.29, 0.717) is 17.3 Å². The molecule has 0 unspecified atom stereocenters. The molecule has 0 spiro atoms. The van der Waals surface area contributed by atoms with Crippen LogP contribution in [0.15, 0.2) is 34.1 Å². The zero-order chi connectivity index (χ0) is 12.8. The van der Waals surface area contributed by atoms with E-state index in [2.05, 4.69) is 15.5 Å². The highest BCUT2D eigenvalue weighted by Crippen LogP contribution is 2.18. The van der Waals surface area contributed by atoms with Gasteiger partial charge in [-0.15, -0.1) is 10.2 Å². The second-order valence-electron chi connectivity index (χ2n) is 3.40. The standard InChI is InChI=1S/C11H10ClN3OS2/c12-9-3-1-2-8(4-9)5-13-10(16)6-17-11-15-14-7-18-11/h1-4,7H,5-6H2,(H,13,16). The van der Waals surface area contributed by atoms with Gasteiger partial charge in [0.05, 0.1) is 5.75 Å². The van der Waals surface area contributed by atoms with Gasteiger partial charge in [-0.2, -0.15) is 0 Å². The molecule has 2 aromatic rings. The number of thioether (sulfide) groups is 1. The lowest BCUT2D eigenvalue weighted by atomic mass is 10.2. The van der Waals surface area contributed by atoms with Crippen molar-refractivity contribution in [2.24, 2.45) is 0 Å². The lowest BCUT2D eigenvalue weighted by Crippen LogP contribution is -2.24. The van der Waals surface area contributed by atoms with E-state index < -0.39 is 0 Å². The van der Waals surface area contributed by atoms with Gasteiger partial charge in [0.15, 0.2) is 4.34 Å².